The molecule has 3 heteroatoms. The summed E-state index contributed by atoms with van der Waals surface area (Å²) in [6.07, 6.45) is 0. The van der Waals surface area contributed by atoms with Crippen molar-refractivity contribution >= 4 is 40.2 Å². The number of hydrogen-bond acceptors (Lipinski definition) is 2. The maximum Gasteiger partial charge on any atom is 0.252 e. The van der Waals surface area contributed by atoms with Crippen LogP contribution in [0.4, 0.5) is 17.1 Å². The van der Waals surface area contributed by atoms with Crippen LogP contribution in [-0.2, 0) is 5.41 Å². The Bertz CT molecular complexity index is 3010. The van der Waals surface area contributed by atoms with Gasteiger partial charge in [0.15, 0.2) is 0 Å². The fourth-order valence-corrected chi connectivity index (χ4v) is 10.7. The molecule has 282 valence electrons. The van der Waals surface area contributed by atoms with Gasteiger partial charge >= 0.3 is 0 Å². The van der Waals surface area contributed by atoms with Gasteiger partial charge in [0.2, 0.25) is 0 Å². The fourth-order valence-electron chi connectivity index (χ4n) is 10.7. The van der Waals surface area contributed by atoms with Gasteiger partial charge in [0.1, 0.15) is 11.5 Å². The van der Waals surface area contributed by atoms with E-state index >= 15 is 0 Å². The number of hydrogen-bond donors (Lipinski definition) is 0. The van der Waals surface area contributed by atoms with Crippen LogP contribution in [0.25, 0.3) is 33.4 Å². The standard InChI is InChI=1S/C57H40BNO/c1-37-28-32-52-48(34-37)57(46-24-11-9-20-44(46)45-21-10-12-25-47(45)57)49-35-38(2)29-33-53(49)59(52)41-30-31-51-55(36-41)60-54-27-14-13-26-50(54)58(51)56-42(39-16-5-3-6-17-39)22-15-23-43(56)40-18-7-4-8-19-40/h3-36H,1-2H3. The van der Waals surface area contributed by atoms with E-state index in [0.717, 1.165) is 22.6 Å². The molecule has 0 radical (unpaired) electrons. The Morgan fingerprint density at radius 1 is 0.400 bits per heavy atom. The first kappa shape index (κ1) is 34.7. The van der Waals surface area contributed by atoms with Crippen molar-refractivity contribution in [1.29, 1.82) is 0 Å². The van der Waals surface area contributed by atoms with Crippen LogP contribution >= 0.6 is 0 Å². The quantitative estimate of drug-likeness (QED) is 0.166. The highest BCUT2D eigenvalue weighted by molar-refractivity contribution is 6.98. The summed E-state index contributed by atoms with van der Waals surface area (Å²) in [5.74, 6) is 1.76. The average Bonchev–Trinajstić information content (AvgIpc) is 3.59. The van der Waals surface area contributed by atoms with E-state index in [0.29, 0.717) is 0 Å². The summed E-state index contributed by atoms with van der Waals surface area (Å²) in [7, 11) is 0. The molecule has 2 heterocycles. The second kappa shape index (κ2) is 13.3. The van der Waals surface area contributed by atoms with Crippen molar-refractivity contribution in [2.45, 2.75) is 19.3 Å². The summed E-state index contributed by atoms with van der Waals surface area (Å²) in [5, 5.41) is 0. The lowest BCUT2D eigenvalue weighted by atomic mass is 9.34. The van der Waals surface area contributed by atoms with Gasteiger partial charge in [-0.05, 0) is 105 Å². The van der Waals surface area contributed by atoms with Crippen molar-refractivity contribution in [3.05, 3.63) is 240 Å². The molecule has 0 N–H and O–H groups in total. The number of benzene rings is 9. The van der Waals surface area contributed by atoms with E-state index in [1.807, 2.05) is 0 Å². The van der Waals surface area contributed by atoms with Gasteiger partial charge in [-0.3, -0.25) is 0 Å². The normalized spacial score (nSPS) is 13.7. The molecule has 1 aliphatic carbocycles. The molecule has 0 atom stereocenters. The maximum absolute atomic E-state index is 7.03. The van der Waals surface area contributed by atoms with Gasteiger partial charge in [-0.1, -0.05) is 193 Å². The highest BCUT2D eigenvalue weighted by Crippen LogP contribution is 2.63. The second-order valence-electron chi connectivity index (χ2n) is 16.5. The molecule has 1 spiro atoms. The molecule has 0 fully saturated rings. The summed E-state index contributed by atoms with van der Waals surface area (Å²) >= 11 is 0. The lowest BCUT2D eigenvalue weighted by Gasteiger charge is -2.45. The van der Waals surface area contributed by atoms with E-state index in [1.165, 1.54) is 89.1 Å². The van der Waals surface area contributed by atoms with E-state index in [-0.39, 0.29) is 6.71 Å². The molecule has 9 aromatic carbocycles. The Hall–Kier alpha value is -7.36. The monoisotopic (exact) mass is 765 g/mol. The zero-order valence-corrected chi connectivity index (χ0v) is 33.6. The maximum atomic E-state index is 7.03. The molecule has 0 saturated carbocycles. The number of anilines is 3. The molecule has 2 nitrogen and oxygen atoms in total. The molecule has 2 aliphatic heterocycles. The summed E-state index contributed by atoms with van der Waals surface area (Å²) in [4.78, 5) is 2.48. The van der Waals surface area contributed by atoms with Gasteiger partial charge in [-0.15, -0.1) is 0 Å². The zero-order valence-electron chi connectivity index (χ0n) is 33.6. The lowest BCUT2D eigenvalue weighted by Crippen LogP contribution is -2.56. The number of para-hydroxylation sites is 1. The van der Waals surface area contributed by atoms with Gasteiger partial charge in [-0.2, -0.15) is 0 Å². The van der Waals surface area contributed by atoms with E-state index in [2.05, 4.69) is 225 Å². The van der Waals surface area contributed by atoms with Gasteiger partial charge in [0.25, 0.3) is 6.71 Å². The smallest absolute Gasteiger partial charge is 0.252 e. The molecule has 0 saturated heterocycles. The fraction of sp³-hybridized carbons (Fsp3) is 0.0526. The van der Waals surface area contributed by atoms with Crippen molar-refractivity contribution in [2.75, 3.05) is 4.90 Å². The van der Waals surface area contributed by atoms with Gasteiger partial charge in [-0.25, -0.2) is 0 Å². The molecular formula is C57H40BNO. The number of aryl methyl sites for hydroxylation is 2. The lowest BCUT2D eigenvalue weighted by molar-refractivity contribution is 0.487. The minimum Gasteiger partial charge on any atom is -0.458 e. The van der Waals surface area contributed by atoms with E-state index in [9.17, 15) is 0 Å². The summed E-state index contributed by atoms with van der Waals surface area (Å²) in [5.41, 5.74) is 21.7. The summed E-state index contributed by atoms with van der Waals surface area (Å²) in [6, 6.07) is 76.1. The van der Waals surface area contributed by atoms with Crippen LogP contribution in [0, 0.1) is 13.8 Å². The third kappa shape index (κ3) is 4.96. The Morgan fingerprint density at radius 2 is 0.900 bits per heavy atom. The summed E-state index contributed by atoms with van der Waals surface area (Å²) in [6.45, 7) is 4.36. The molecule has 0 unspecified atom stereocenters. The van der Waals surface area contributed by atoms with Gasteiger partial charge in [0.05, 0.1) is 16.8 Å². The molecular weight excluding hydrogens is 725 g/mol. The highest BCUT2D eigenvalue weighted by atomic mass is 16.5. The first-order valence-electron chi connectivity index (χ1n) is 21.0. The predicted molar refractivity (Wildman–Crippen MR) is 250 cm³/mol. The molecule has 3 aliphatic rings. The predicted octanol–water partition coefficient (Wildman–Crippen LogP) is 12.4. The molecule has 0 bridgehead atoms. The first-order chi connectivity index (χ1) is 29.6. The molecule has 9 aromatic rings. The largest absolute Gasteiger partial charge is 0.458 e. The average molecular weight is 766 g/mol. The Kier molecular flexibility index (Phi) is 7.71. The van der Waals surface area contributed by atoms with Crippen molar-refractivity contribution in [3.8, 4) is 44.9 Å². The number of nitrogens with zero attached hydrogens (tertiary/aromatic N) is 1. The van der Waals surface area contributed by atoms with Gasteiger partial charge < -0.3 is 9.64 Å². The minimum absolute atomic E-state index is 0.0772. The minimum atomic E-state index is -0.476. The first-order valence-corrected chi connectivity index (χ1v) is 21.0. The van der Waals surface area contributed by atoms with Crippen LogP contribution in [-0.4, -0.2) is 6.71 Å². The third-order valence-electron chi connectivity index (χ3n) is 13.1. The van der Waals surface area contributed by atoms with Crippen LogP contribution in [0.15, 0.2) is 206 Å². The van der Waals surface area contributed by atoms with Crippen molar-refractivity contribution in [1.82, 2.24) is 0 Å². The Balaban J connectivity index is 1.10. The van der Waals surface area contributed by atoms with Crippen molar-refractivity contribution < 1.29 is 4.74 Å². The van der Waals surface area contributed by atoms with E-state index in [4.69, 9.17) is 4.74 Å². The SMILES string of the molecule is Cc1ccc2c(c1)C1(c3ccccc3-c3ccccc31)c1cc(C)ccc1N2c1ccc2c(c1)Oc1ccccc1B2c1c(-c2ccccc2)cccc1-c1ccccc1. The zero-order chi connectivity index (χ0) is 40.0. The second-order valence-corrected chi connectivity index (χ2v) is 16.5. The summed E-state index contributed by atoms with van der Waals surface area (Å²) < 4.78 is 7.03. The van der Waals surface area contributed by atoms with Gasteiger partial charge in [0, 0.05) is 11.8 Å². The van der Waals surface area contributed by atoms with E-state index < -0.39 is 5.41 Å². The van der Waals surface area contributed by atoms with Crippen LogP contribution < -0.4 is 26.0 Å². The third-order valence-corrected chi connectivity index (χ3v) is 13.1. The number of rotatable bonds is 4. The van der Waals surface area contributed by atoms with Crippen molar-refractivity contribution in [2.24, 2.45) is 0 Å². The topological polar surface area (TPSA) is 12.5 Å². The van der Waals surface area contributed by atoms with Crippen LogP contribution in [0.3, 0.4) is 0 Å². The molecule has 0 amide bonds. The Labute approximate surface area is 352 Å². The number of ether oxygens (including phenoxy) is 1. The van der Waals surface area contributed by atoms with Crippen LogP contribution in [0.2, 0.25) is 0 Å². The van der Waals surface area contributed by atoms with Crippen LogP contribution in [0.5, 0.6) is 11.5 Å². The molecule has 0 aromatic heterocycles. The van der Waals surface area contributed by atoms with Crippen LogP contribution in [0.1, 0.15) is 33.4 Å². The van der Waals surface area contributed by atoms with E-state index in [1.54, 1.807) is 0 Å². The van der Waals surface area contributed by atoms with Crippen molar-refractivity contribution in [3.63, 3.8) is 0 Å². The Morgan fingerprint density at radius 3 is 1.50 bits per heavy atom. The number of fused-ring (bicyclic) bond motifs is 11. The highest BCUT2D eigenvalue weighted by Gasteiger charge is 2.52. The molecule has 60 heavy (non-hydrogen) atoms. The molecule has 12 rings (SSSR count).